The molecule has 7 heteroatoms. The maximum absolute atomic E-state index is 12.5. The Labute approximate surface area is 157 Å². The molecule has 2 aromatic carbocycles. The SMILES string of the molecule is CCOc1cccc2c1OCC(C(=O)NCc1cccc(NC(N)=O)c1)=C2. The highest BCUT2D eigenvalue weighted by Gasteiger charge is 2.20. The number of nitrogens with two attached hydrogens (primary N) is 1. The zero-order chi connectivity index (χ0) is 19.2. The minimum absolute atomic E-state index is 0.173. The molecule has 1 heterocycles. The molecule has 4 N–H and O–H groups in total. The number of fused-ring (bicyclic) bond motifs is 1. The molecule has 0 saturated carbocycles. The smallest absolute Gasteiger partial charge is 0.316 e. The van der Waals surface area contributed by atoms with Crippen LogP contribution in [0.2, 0.25) is 0 Å². The van der Waals surface area contributed by atoms with Gasteiger partial charge in [0.15, 0.2) is 11.5 Å². The van der Waals surface area contributed by atoms with Crippen LogP contribution in [0.3, 0.4) is 0 Å². The molecule has 0 fully saturated rings. The van der Waals surface area contributed by atoms with E-state index in [9.17, 15) is 9.59 Å². The number of carbonyl (C=O) groups excluding carboxylic acids is 2. The Morgan fingerprint density at radius 2 is 2.04 bits per heavy atom. The summed E-state index contributed by atoms with van der Waals surface area (Å²) in [6, 6.07) is 12.1. The number of amides is 3. The number of anilines is 1. The molecule has 2 aromatic rings. The first-order valence-corrected chi connectivity index (χ1v) is 8.59. The fraction of sp³-hybridized carbons (Fsp3) is 0.200. The standard InChI is InChI=1S/C20H21N3O4/c1-2-26-17-8-4-6-14-10-15(12-27-18(14)17)19(24)22-11-13-5-3-7-16(9-13)23-20(21)25/h3-10H,2,11-12H2,1H3,(H,22,24)(H3,21,23,25). The van der Waals surface area contributed by atoms with Crippen LogP contribution in [0.25, 0.3) is 6.08 Å². The number of para-hydroxylation sites is 1. The highest BCUT2D eigenvalue weighted by Crippen LogP contribution is 2.35. The van der Waals surface area contributed by atoms with Gasteiger partial charge in [0.25, 0.3) is 5.91 Å². The van der Waals surface area contributed by atoms with E-state index in [-0.39, 0.29) is 12.5 Å². The Morgan fingerprint density at radius 3 is 2.81 bits per heavy atom. The second-order valence-electron chi connectivity index (χ2n) is 5.94. The Morgan fingerprint density at radius 1 is 1.22 bits per heavy atom. The summed E-state index contributed by atoms with van der Waals surface area (Å²) < 4.78 is 11.3. The molecule has 0 aromatic heterocycles. The molecule has 3 rings (SSSR count). The van der Waals surface area contributed by atoms with Crippen molar-refractivity contribution in [3.05, 3.63) is 59.2 Å². The average Bonchev–Trinajstić information content (AvgIpc) is 2.66. The molecule has 0 radical (unpaired) electrons. The van der Waals surface area contributed by atoms with E-state index in [1.807, 2.05) is 37.3 Å². The van der Waals surface area contributed by atoms with Gasteiger partial charge in [-0.25, -0.2) is 4.79 Å². The van der Waals surface area contributed by atoms with Crippen molar-refractivity contribution in [3.63, 3.8) is 0 Å². The molecular weight excluding hydrogens is 346 g/mol. The van der Waals surface area contributed by atoms with Gasteiger partial charge in [-0.05, 0) is 36.8 Å². The molecule has 0 spiro atoms. The van der Waals surface area contributed by atoms with Crippen LogP contribution in [0, 0.1) is 0 Å². The maximum Gasteiger partial charge on any atom is 0.316 e. The number of nitrogens with one attached hydrogen (secondary N) is 2. The molecule has 1 aliphatic heterocycles. The second-order valence-corrected chi connectivity index (χ2v) is 5.94. The van der Waals surface area contributed by atoms with Gasteiger partial charge in [-0.15, -0.1) is 0 Å². The van der Waals surface area contributed by atoms with Gasteiger partial charge in [0.05, 0.1) is 12.2 Å². The van der Waals surface area contributed by atoms with Crippen molar-refractivity contribution in [2.75, 3.05) is 18.5 Å². The Bertz CT molecular complexity index is 893. The van der Waals surface area contributed by atoms with Crippen molar-refractivity contribution in [1.82, 2.24) is 5.32 Å². The van der Waals surface area contributed by atoms with Gasteiger partial charge in [0, 0.05) is 17.8 Å². The van der Waals surface area contributed by atoms with Crippen LogP contribution in [0.4, 0.5) is 10.5 Å². The minimum Gasteiger partial charge on any atom is -0.490 e. The molecule has 0 aliphatic carbocycles. The van der Waals surface area contributed by atoms with Crippen LogP contribution in [-0.4, -0.2) is 25.2 Å². The van der Waals surface area contributed by atoms with E-state index in [0.29, 0.717) is 35.9 Å². The van der Waals surface area contributed by atoms with E-state index >= 15 is 0 Å². The summed E-state index contributed by atoms with van der Waals surface area (Å²) in [4.78, 5) is 23.4. The van der Waals surface area contributed by atoms with Crippen molar-refractivity contribution >= 4 is 23.7 Å². The number of rotatable bonds is 6. The van der Waals surface area contributed by atoms with Gasteiger partial charge in [-0.3, -0.25) is 4.79 Å². The zero-order valence-corrected chi connectivity index (χ0v) is 15.0. The summed E-state index contributed by atoms with van der Waals surface area (Å²) in [6.07, 6.45) is 1.81. The lowest BCUT2D eigenvalue weighted by molar-refractivity contribution is -0.117. The van der Waals surface area contributed by atoms with Gasteiger partial charge in [0.2, 0.25) is 0 Å². The highest BCUT2D eigenvalue weighted by molar-refractivity contribution is 5.99. The minimum atomic E-state index is -0.634. The predicted molar refractivity (Wildman–Crippen MR) is 103 cm³/mol. The van der Waals surface area contributed by atoms with Crippen LogP contribution in [-0.2, 0) is 11.3 Å². The van der Waals surface area contributed by atoms with E-state index in [0.717, 1.165) is 11.1 Å². The Kier molecular flexibility index (Phi) is 5.61. The fourth-order valence-electron chi connectivity index (χ4n) is 2.78. The molecule has 0 atom stereocenters. The lowest BCUT2D eigenvalue weighted by Gasteiger charge is -2.20. The molecule has 0 bridgehead atoms. The van der Waals surface area contributed by atoms with Gasteiger partial charge >= 0.3 is 6.03 Å². The number of hydrogen-bond acceptors (Lipinski definition) is 4. The first-order valence-electron chi connectivity index (χ1n) is 8.59. The molecule has 0 saturated heterocycles. The van der Waals surface area contributed by atoms with Crippen molar-refractivity contribution in [2.24, 2.45) is 5.73 Å². The number of hydrogen-bond donors (Lipinski definition) is 3. The lowest BCUT2D eigenvalue weighted by atomic mass is 10.1. The van der Waals surface area contributed by atoms with Crippen LogP contribution in [0.15, 0.2) is 48.0 Å². The van der Waals surface area contributed by atoms with Crippen molar-refractivity contribution in [1.29, 1.82) is 0 Å². The zero-order valence-electron chi connectivity index (χ0n) is 15.0. The molecule has 3 amide bonds. The summed E-state index contributed by atoms with van der Waals surface area (Å²) in [6.45, 7) is 2.94. The third-order valence-electron chi connectivity index (χ3n) is 3.95. The van der Waals surface area contributed by atoms with Crippen LogP contribution >= 0.6 is 0 Å². The maximum atomic E-state index is 12.5. The molecule has 140 valence electrons. The fourth-order valence-corrected chi connectivity index (χ4v) is 2.78. The number of carbonyl (C=O) groups is 2. The van der Waals surface area contributed by atoms with E-state index in [1.165, 1.54) is 0 Å². The summed E-state index contributed by atoms with van der Waals surface area (Å²) in [5.74, 6) is 1.11. The monoisotopic (exact) mass is 367 g/mol. The number of benzene rings is 2. The molecular formula is C20H21N3O4. The van der Waals surface area contributed by atoms with Crippen molar-refractivity contribution in [2.45, 2.75) is 13.5 Å². The average molecular weight is 367 g/mol. The van der Waals surface area contributed by atoms with Gasteiger partial charge in [0.1, 0.15) is 6.61 Å². The molecule has 7 nitrogen and oxygen atoms in total. The largest absolute Gasteiger partial charge is 0.490 e. The number of ether oxygens (including phenoxy) is 2. The van der Waals surface area contributed by atoms with Gasteiger partial charge in [-0.1, -0.05) is 24.3 Å². The quantitative estimate of drug-likeness (QED) is 0.730. The van der Waals surface area contributed by atoms with Gasteiger partial charge < -0.3 is 25.8 Å². The van der Waals surface area contributed by atoms with E-state index < -0.39 is 6.03 Å². The third-order valence-corrected chi connectivity index (χ3v) is 3.95. The van der Waals surface area contributed by atoms with E-state index in [2.05, 4.69) is 10.6 Å². The number of primary amides is 1. The molecule has 27 heavy (non-hydrogen) atoms. The van der Waals surface area contributed by atoms with E-state index in [4.69, 9.17) is 15.2 Å². The summed E-state index contributed by atoms with van der Waals surface area (Å²) in [5, 5.41) is 5.36. The van der Waals surface area contributed by atoms with E-state index in [1.54, 1.807) is 18.2 Å². The second kappa shape index (κ2) is 8.27. The first-order chi connectivity index (χ1) is 13.1. The highest BCUT2D eigenvalue weighted by atomic mass is 16.5. The van der Waals surface area contributed by atoms with Crippen LogP contribution < -0.4 is 25.8 Å². The Hall–Kier alpha value is -3.48. The predicted octanol–water partition coefficient (Wildman–Crippen LogP) is 2.67. The Balaban J connectivity index is 1.67. The lowest BCUT2D eigenvalue weighted by Crippen LogP contribution is -2.28. The molecule has 0 unspecified atom stereocenters. The number of urea groups is 1. The topological polar surface area (TPSA) is 103 Å². The summed E-state index contributed by atoms with van der Waals surface area (Å²) in [7, 11) is 0. The molecule has 1 aliphatic rings. The van der Waals surface area contributed by atoms with Crippen molar-refractivity contribution in [3.8, 4) is 11.5 Å². The summed E-state index contributed by atoms with van der Waals surface area (Å²) >= 11 is 0. The van der Waals surface area contributed by atoms with Crippen molar-refractivity contribution < 1.29 is 19.1 Å². The van der Waals surface area contributed by atoms with Crippen LogP contribution in [0.5, 0.6) is 11.5 Å². The van der Waals surface area contributed by atoms with Gasteiger partial charge in [-0.2, -0.15) is 0 Å². The summed E-state index contributed by atoms with van der Waals surface area (Å²) in [5.41, 5.74) is 7.87. The normalized spacial score (nSPS) is 12.3. The van der Waals surface area contributed by atoms with Crippen LogP contribution in [0.1, 0.15) is 18.1 Å². The first kappa shape index (κ1) is 18.3. The third kappa shape index (κ3) is 4.58.